The van der Waals surface area contributed by atoms with E-state index in [1.165, 1.54) is 5.56 Å². The zero-order valence-corrected chi connectivity index (χ0v) is 10.0. The minimum atomic E-state index is 0.0955. The monoisotopic (exact) mass is 255 g/mol. The van der Waals surface area contributed by atoms with E-state index in [-0.39, 0.29) is 5.91 Å². The zero-order valence-electron chi connectivity index (χ0n) is 8.46. The van der Waals surface area contributed by atoms with Crippen LogP contribution in [0.1, 0.15) is 12.5 Å². The number of halogens is 1. The molecule has 0 heterocycles. The maximum absolute atomic E-state index is 11.5. The van der Waals surface area contributed by atoms with Crippen LogP contribution in [0, 0.1) is 6.92 Å². The fraction of sp³-hybridized carbons (Fsp3) is 0.364. The van der Waals surface area contributed by atoms with Crippen molar-refractivity contribution in [2.75, 3.05) is 16.8 Å². The molecule has 0 saturated carbocycles. The second kappa shape index (κ2) is 5.15. The number of hydrogen-bond acceptors (Lipinski definition) is 1. The zero-order chi connectivity index (χ0) is 10.6. The molecule has 1 rings (SSSR count). The predicted octanol–water partition coefficient (Wildman–Crippen LogP) is 2.74. The molecule has 0 saturated heterocycles. The molecule has 0 aliphatic carbocycles. The molecule has 0 unspecified atom stereocenters. The molecule has 0 atom stereocenters. The normalized spacial score (nSPS) is 9.93. The number of nitrogens with zero attached hydrogens (tertiary/aromatic N) is 1. The highest BCUT2D eigenvalue weighted by molar-refractivity contribution is 9.09. The van der Waals surface area contributed by atoms with Crippen LogP contribution in [-0.2, 0) is 4.79 Å². The Morgan fingerprint density at radius 2 is 2.21 bits per heavy atom. The Bertz CT molecular complexity index is 325. The van der Waals surface area contributed by atoms with Gasteiger partial charge in [0, 0.05) is 12.2 Å². The van der Waals surface area contributed by atoms with Gasteiger partial charge >= 0.3 is 0 Å². The van der Waals surface area contributed by atoms with Gasteiger partial charge in [0.15, 0.2) is 0 Å². The summed E-state index contributed by atoms with van der Waals surface area (Å²) in [5, 5.41) is 0.370. The number of anilines is 1. The third kappa shape index (κ3) is 2.58. The quantitative estimate of drug-likeness (QED) is 0.761. The number of amides is 1. The molecule has 0 aliphatic rings. The first kappa shape index (κ1) is 11.2. The Hall–Kier alpha value is -0.830. The first-order valence-corrected chi connectivity index (χ1v) is 5.74. The second-order valence-electron chi connectivity index (χ2n) is 3.11. The molecule has 0 N–H and O–H groups in total. The van der Waals surface area contributed by atoms with Crippen molar-refractivity contribution in [2.24, 2.45) is 0 Å². The number of carbonyl (C=O) groups is 1. The van der Waals surface area contributed by atoms with Crippen molar-refractivity contribution in [3.63, 3.8) is 0 Å². The molecule has 0 aliphatic heterocycles. The summed E-state index contributed by atoms with van der Waals surface area (Å²) in [6, 6.07) is 7.96. The maximum atomic E-state index is 11.5. The van der Waals surface area contributed by atoms with Crippen LogP contribution in [0.3, 0.4) is 0 Å². The summed E-state index contributed by atoms with van der Waals surface area (Å²) in [5.74, 6) is 0.0955. The molecular weight excluding hydrogens is 242 g/mol. The van der Waals surface area contributed by atoms with Crippen LogP contribution in [0.5, 0.6) is 0 Å². The Kier molecular flexibility index (Phi) is 4.14. The lowest BCUT2D eigenvalue weighted by molar-refractivity contribution is -0.116. The van der Waals surface area contributed by atoms with Crippen molar-refractivity contribution < 1.29 is 4.79 Å². The van der Waals surface area contributed by atoms with Crippen molar-refractivity contribution in [3.05, 3.63) is 29.8 Å². The first-order valence-electron chi connectivity index (χ1n) is 4.62. The third-order valence-corrected chi connectivity index (χ3v) is 2.52. The molecule has 0 spiro atoms. The SMILES string of the molecule is CCN(C(=O)CBr)c1cccc(C)c1. The molecule has 0 aromatic heterocycles. The van der Waals surface area contributed by atoms with Crippen molar-refractivity contribution in [1.82, 2.24) is 0 Å². The van der Waals surface area contributed by atoms with Crippen LogP contribution in [0.4, 0.5) is 5.69 Å². The summed E-state index contributed by atoms with van der Waals surface area (Å²) in [6.07, 6.45) is 0. The molecule has 0 bridgehead atoms. The molecule has 3 heteroatoms. The molecule has 1 aromatic carbocycles. The first-order chi connectivity index (χ1) is 6.69. The van der Waals surface area contributed by atoms with Gasteiger partial charge in [0.2, 0.25) is 5.91 Å². The van der Waals surface area contributed by atoms with Crippen molar-refractivity contribution in [2.45, 2.75) is 13.8 Å². The lowest BCUT2D eigenvalue weighted by Gasteiger charge is -2.20. The van der Waals surface area contributed by atoms with Crippen LogP contribution in [0.15, 0.2) is 24.3 Å². The molecule has 1 amide bonds. The van der Waals surface area contributed by atoms with Gasteiger partial charge in [-0.1, -0.05) is 28.1 Å². The minimum Gasteiger partial charge on any atom is -0.312 e. The molecule has 76 valence electrons. The highest BCUT2D eigenvalue weighted by Crippen LogP contribution is 2.16. The molecule has 14 heavy (non-hydrogen) atoms. The Balaban J connectivity index is 2.94. The highest BCUT2D eigenvalue weighted by atomic mass is 79.9. The van der Waals surface area contributed by atoms with Gasteiger partial charge in [0.25, 0.3) is 0 Å². The van der Waals surface area contributed by atoms with E-state index in [4.69, 9.17) is 0 Å². The van der Waals surface area contributed by atoms with E-state index >= 15 is 0 Å². The van der Waals surface area contributed by atoms with Crippen LogP contribution in [-0.4, -0.2) is 17.8 Å². The van der Waals surface area contributed by atoms with Crippen LogP contribution >= 0.6 is 15.9 Å². The fourth-order valence-corrected chi connectivity index (χ4v) is 1.67. The largest absolute Gasteiger partial charge is 0.312 e. The van der Waals surface area contributed by atoms with E-state index in [9.17, 15) is 4.79 Å². The molecule has 2 nitrogen and oxygen atoms in total. The van der Waals surface area contributed by atoms with Gasteiger partial charge in [-0.25, -0.2) is 0 Å². The van der Waals surface area contributed by atoms with E-state index < -0.39 is 0 Å². The number of aryl methyl sites for hydroxylation is 1. The van der Waals surface area contributed by atoms with Crippen molar-refractivity contribution >= 4 is 27.5 Å². The van der Waals surface area contributed by atoms with Gasteiger partial charge in [0.05, 0.1) is 5.33 Å². The summed E-state index contributed by atoms with van der Waals surface area (Å²) >= 11 is 3.18. The molecule has 1 aromatic rings. The van der Waals surface area contributed by atoms with E-state index in [0.717, 1.165) is 5.69 Å². The Morgan fingerprint density at radius 1 is 1.50 bits per heavy atom. The smallest absolute Gasteiger partial charge is 0.237 e. The summed E-state index contributed by atoms with van der Waals surface area (Å²) in [5.41, 5.74) is 2.14. The second-order valence-corrected chi connectivity index (χ2v) is 3.67. The molecule has 0 radical (unpaired) electrons. The van der Waals surface area contributed by atoms with Crippen LogP contribution in [0.2, 0.25) is 0 Å². The van der Waals surface area contributed by atoms with Crippen molar-refractivity contribution in [1.29, 1.82) is 0 Å². The lowest BCUT2D eigenvalue weighted by Crippen LogP contribution is -2.31. The molecule has 0 fully saturated rings. The third-order valence-electron chi connectivity index (χ3n) is 2.04. The predicted molar refractivity (Wildman–Crippen MR) is 63.0 cm³/mol. The number of hydrogen-bond donors (Lipinski definition) is 0. The van der Waals surface area contributed by atoms with Crippen LogP contribution in [0.25, 0.3) is 0 Å². The van der Waals surface area contributed by atoms with Gasteiger partial charge in [0.1, 0.15) is 0 Å². The topological polar surface area (TPSA) is 20.3 Å². The average Bonchev–Trinajstić information content (AvgIpc) is 2.19. The lowest BCUT2D eigenvalue weighted by atomic mass is 10.2. The number of alkyl halides is 1. The Labute approximate surface area is 93.0 Å². The summed E-state index contributed by atoms with van der Waals surface area (Å²) in [7, 11) is 0. The number of rotatable bonds is 3. The van der Waals surface area contributed by atoms with E-state index in [0.29, 0.717) is 11.9 Å². The van der Waals surface area contributed by atoms with Gasteiger partial charge < -0.3 is 4.90 Å². The number of carbonyl (C=O) groups excluding carboxylic acids is 1. The van der Waals surface area contributed by atoms with Crippen molar-refractivity contribution in [3.8, 4) is 0 Å². The average molecular weight is 256 g/mol. The van der Waals surface area contributed by atoms with E-state index in [2.05, 4.69) is 15.9 Å². The highest BCUT2D eigenvalue weighted by Gasteiger charge is 2.11. The Morgan fingerprint density at radius 3 is 2.71 bits per heavy atom. The fourth-order valence-electron chi connectivity index (χ4n) is 1.37. The van der Waals surface area contributed by atoms with E-state index in [1.807, 2.05) is 38.1 Å². The summed E-state index contributed by atoms with van der Waals surface area (Å²) in [6.45, 7) is 4.70. The van der Waals surface area contributed by atoms with E-state index in [1.54, 1.807) is 4.90 Å². The molecular formula is C11H14BrNO. The van der Waals surface area contributed by atoms with Crippen LogP contribution < -0.4 is 4.90 Å². The van der Waals surface area contributed by atoms with Gasteiger partial charge in [-0.3, -0.25) is 4.79 Å². The van der Waals surface area contributed by atoms with Gasteiger partial charge in [-0.2, -0.15) is 0 Å². The standard InChI is InChI=1S/C11H14BrNO/c1-3-13(11(14)8-12)10-6-4-5-9(2)7-10/h4-7H,3,8H2,1-2H3. The maximum Gasteiger partial charge on any atom is 0.237 e. The summed E-state index contributed by atoms with van der Waals surface area (Å²) < 4.78 is 0. The van der Waals surface area contributed by atoms with Gasteiger partial charge in [-0.05, 0) is 31.5 Å². The summed E-state index contributed by atoms with van der Waals surface area (Å²) in [4.78, 5) is 13.3. The number of benzene rings is 1. The van der Waals surface area contributed by atoms with Gasteiger partial charge in [-0.15, -0.1) is 0 Å². The minimum absolute atomic E-state index is 0.0955.